The summed E-state index contributed by atoms with van der Waals surface area (Å²) in [6, 6.07) is 11.4. The lowest BCUT2D eigenvalue weighted by Gasteiger charge is -2.07. The molecule has 1 N–H and O–H groups in total. The first kappa shape index (κ1) is 13.8. The highest BCUT2D eigenvalue weighted by Crippen LogP contribution is 2.13. The highest BCUT2D eigenvalue weighted by molar-refractivity contribution is 9.10. The number of hydrogen-bond acceptors (Lipinski definition) is 2. The molecular weight excluding hydrogens is 339 g/mol. The highest BCUT2D eigenvalue weighted by Gasteiger charge is 2.11. The van der Waals surface area contributed by atoms with E-state index in [1.165, 1.54) is 18.2 Å². The molecular formula is C15H10BrFN2O2. The average Bonchev–Trinajstić information content (AvgIpc) is 2.43. The summed E-state index contributed by atoms with van der Waals surface area (Å²) in [7, 11) is 0. The van der Waals surface area contributed by atoms with E-state index in [0.717, 1.165) is 14.6 Å². The van der Waals surface area contributed by atoms with Gasteiger partial charge in [0.25, 0.3) is 5.56 Å². The molecule has 0 aliphatic carbocycles. The SMILES string of the molecule is O=c1[nH]c2cccc(F)c2c(=O)n1Cc1cccc(Br)c1. The van der Waals surface area contributed by atoms with Crippen molar-refractivity contribution in [1.82, 2.24) is 9.55 Å². The number of aromatic amines is 1. The Morgan fingerprint density at radius 3 is 2.67 bits per heavy atom. The van der Waals surface area contributed by atoms with Gasteiger partial charge in [-0.05, 0) is 29.8 Å². The van der Waals surface area contributed by atoms with Crippen LogP contribution in [0.1, 0.15) is 5.56 Å². The van der Waals surface area contributed by atoms with Crippen molar-refractivity contribution in [2.75, 3.05) is 0 Å². The third kappa shape index (κ3) is 2.54. The molecule has 0 saturated carbocycles. The zero-order valence-electron chi connectivity index (χ0n) is 10.8. The van der Waals surface area contributed by atoms with Crippen molar-refractivity contribution in [3.8, 4) is 0 Å². The Balaban J connectivity index is 2.22. The molecule has 106 valence electrons. The Morgan fingerprint density at radius 1 is 1.14 bits per heavy atom. The fourth-order valence-electron chi connectivity index (χ4n) is 2.22. The number of halogens is 2. The van der Waals surface area contributed by atoms with Crippen molar-refractivity contribution < 1.29 is 4.39 Å². The maximum absolute atomic E-state index is 13.8. The van der Waals surface area contributed by atoms with Crippen LogP contribution in [0.25, 0.3) is 10.9 Å². The molecule has 0 aliphatic heterocycles. The van der Waals surface area contributed by atoms with E-state index in [1.54, 1.807) is 18.2 Å². The van der Waals surface area contributed by atoms with Crippen molar-refractivity contribution >= 4 is 26.8 Å². The lowest BCUT2D eigenvalue weighted by atomic mass is 10.2. The molecule has 0 amide bonds. The molecule has 3 aromatic rings. The second-order valence-electron chi connectivity index (χ2n) is 4.61. The van der Waals surface area contributed by atoms with Crippen LogP contribution in [0.15, 0.2) is 56.5 Å². The number of fused-ring (bicyclic) bond motifs is 1. The summed E-state index contributed by atoms with van der Waals surface area (Å²) in [4.78, 5) is 26.9. The van der Waals surface area contributed by atoms with Gasteiger partial charge in [0.2, 0.25) is 0 Å². The summed E-state index contributed by atoms with van der Waals surface area (Å²) < 4.78 is 15.7. The van der Waals surface area contributed by atoms with Gasteiger partial charge < -0.3 is 4.98 Å². The van der Waals surface area contributed by atoms with Crippen LogP contribution in [0.2, 0.25) is 0 Å². The predicted octanol–water partition coefficient (Wildman–Crippen LogP) is 2.64. The normalized spacial score (nSPS) is 11.0. The second-order valence-corrected chi connectivity index (χ2v) is 5.53. The van der Waals surface area contributed by atoms with Crippen LogP contribution in [0.3, 0.4) is 0 Å². The molecule has 2 aromatic carbocycles. The first-order valence-corrected chi connectivity index (χ1v) is 7.01. The fraction of sp³-hybridized carbons (Fsp3) is 0.0667. The number of nitrogens with zero attached hydrogens (tertiary/aromatic N) is 1. The zero-order valence-corrected chi connectivity index (χ0v) is 12.4. The molecule has 0 atom stereocenters. The summed E-state index contributed by atoms with van der Waals surface area (Å²) in [6.45, 7) is 0.0812. The van der Waals surface area contributed by atoms with Gasteiger partial charge >= 0.3 is 5.69 Å². The first-order valence-electron chi connectivity index (χ1n) is 6.22. The zero-order chi connectivity index (χ0) is 15.0. The summed E-state index contributed by atoms with van der Waals surface area (Å²) in [5.41, 5.74) is -0.215. The van der Waals surface area contributed by atoms with Gasteiger partial charge in [-0.25, -0.2) is 9.18 Å². The van der Waals surface area contributed by atoms with Gasteiger partial charge in [0.15, 0.2) is 0 Å². The van der Waals surface area contributed by atoms with Gasteiger partial charge in [-0.2, -0.15) is 0 Å². The number of rotatable bonds is 2. The Hall–Kier alpha value is -2.21. The lowest BCUT2D eigenvalue weighted by molar-refractivity contribution is 0.632. The quantitative estimate of drug-likeness (QED) is 0.773. The van der Waals surface area contributed by atoms with Crippen molar-refractivity contribution in [2.24, 2.45) is 0 Å². The van der Waals surface area contributed by atoms with Crippen LogP contribution in [0.4, 0.5) is 4.39 Å². The first-order chi connectivity index (χ1) is 10.1. The third-order valence-corrected chi connectivity index (χ3v) is 3.68. The molecule has 0 bridgehead atoms. The second kappa shape index (κ2) is 5.29. The van der Waals surface area contributed by atoms with Gasteiger partial charge in [0.05, 0.1) is 17.4 Å². The van der Waals surface area contributed by atoms with Gasteiger partial charge in [0.1, 0.15) is 5.82 Å². The minimum atomic E-state index is -0.642. The van der Waals surface area contributed by atoms with E-state index in [-0.39, 0.29) is 17.4 Å². The topological polar surface area (TPSA) is 54.9 Å². The van der Waals surface area contributed by atoms with Crippen molar-refractivity contribution in [3.05, 3.63) is 79.2 Å². The molecule has 0 aliphatic rings. The van der Waals surface area contributed by atoms with E-state index in [2.05, 4.69) is 20.9 Å². The summed E-state index contributed by atoms with van der Waals surface area (Å²) in [6.07, 6.45) is 0. The van der Waals surface area contributed by atoms with Crippen molar-refractivity contribution in [1.29, 1.82) is 0 Å². The number of aromatic nitrogens is 2. The summed E-state index contributed by atoms with van der Waals surface area (Å²) >= 11 is 3.33. The molecule has 6 heteroatoms. The van der Waals surface area contributed by atoms with E-state index in [9.17, 15) is 14.0 Å². The van der Waals surface area contributed by atoms with Crippen LogP contribution >= 0.6 is 15.9 Å². The standard InChI is InChI=1S/C15H10BrFN2O2/c16-10-4-1-3-9(7-10)8-19-14(20)13-11(17)5-2-6-12(13)18-15(19)21/h1-7H,8H2,(H,18,21). The minimum absolute atomic E-state index is 0.0812. The molecule has 0 radical (unpaired) electrons. The van der Waals surface area contributed by atoms with Crippen LogP contribution in [-0.2, 0) is 6.54 Å². The Labute approximate surface area is 127 Å². The number of benzene rings is 2. The maximum atomic E-state index is 13.8. The van der Waals surface area contributed by atoms with E-state index in [1.807, 2.05) is 6.07 Å². The number of H-pyrrole nitrogens is 1. The van der Waals surface area contributed by atoms with Crippen molar-refractivity contribution in [3.63, 3.8) is 0 Å². The Morgan fingerprint density at radius 2 is 1.90 bits per heavy atom. The third-order valence-electron chi connectivity index (χ3n) is 3.19. The highest BCUT2D eigenvalue weighted by atomic mass is 79.9. The van der Waals surface area contributed by atoms with E-state index in [4.69, 9.17) is 0 Å². The monoisotopic (exact) mass is 348 g/mol. The average molecular weight is 349 g/mol. The van der Waals surface area contributed by atoms with Crippen LogP contribution in [0.5, 0.6) is 0 Å². The molecule has 0 unspecified atom stereocenters. The molecule has 0 spiro atoms. The van der Waals surface area contributed by atoms with Gasteiger partial charge in [-0.1, -0.05) is 34.1 Å². The molecule has 4 nitrogen and oxygen atoms in total. The molecule has 1 aromatic heterocycles. The van der Waals surface area contributed by atoms with Crippen LogP contribution in [-0.4, -0.2) is 9.55 Å². The van der Waals surface area contributed by atoms with Crippen LogP contribution < -0.4 is 11.2 Å². The number of hydrogen-bond donors (Lipinski definition) is 1. The predicted molar refractivity (Wildman–Crippen MR) is 82.0 cm³/mol. The molecule has 21 heavy (non-hydrogen) atoms. The molecule has 3 rings (SSSR count). The van der Waals surface area contributed by atoms with Gasteiger partial charge in [-0.15, -0.1) is 0 Å². The smallest absolute Gasteiger partial charge is 0.307 e. The Kier molecular flexibility index (Phi) is 3.47. The minimum Gasteiger partial charge on any atom is -0.307 e. The molecule has 0 fully saturated rings. The van der Waals surface area contributed by atoms with Gasteiger partial charge in [-0.3, -0.25) is 9.36 Å². The molecule has 1 heterocycles. The van der Waals surface area contributed by atoms with E-state index in [0.29, 0.717) is 0 Å². The Bertz CT molecular complexity index is 946. The maximum Gasteiger partial charge on any atom is 0.329 e. The molecule has 0 saturated heterocycles. The summed E-state index contributed by atoms with van der Waals surface area (Å²) in [5.74, 6) is -0.642. The van der Waals surface area contributed by atoms with Gasteiger partial charge in [0, 0.05) is 4.47 Å². The lowest BCUT2D eigenvalue weighted by Crippen LogP contribution is -2.35. The number of nitrogens with one attached hydrogen (secondary N) is 1. The van der Waals surface area contributed by atoms with Crippen molar-refractivity contribution in [2.45, 2.75) is 6.54 Å². The van der Waals surface area contributed by atoms with E-state index >= 15 is 0 Å². The van der Waals surface area contributed by atoms with E-state index < -0.39 is 17.1 Å². The van der Waals surface area contributed by atoms with Crippen LogP contribution in [0, 0.1) is 5.82 Å². The summed E-state index contributed by atoms with van der Waals surface area (Å²) in [5, 5.41) is -0.105. The largest absolute Gasteiger partial charge is 0.329 e. The fourth-order valence-corrected chi connectivity index (χ4v) is 2.66.